The summed E-state index contributed by atoms with van der Waals surface area (Å²) >= 11 is 0. The first-order chi connectivity index (χ1) is 11.2. The fraction of sp³-hybridized carbons (Fsp3) is 0.579. The first kappa shape index (κ1) is 18.5. The van der Waals surface area contributed by atoms with E-state index in [2.05, 4.69) is 39.5 Å². The van der Waals surface area contributed by atoms with Crippen molar-refractivity contribution in [3.05, 3.63) is 35.9 Å². The molecule has 1 fully saturated rings. The van der Waals surface area contributed by atoms with E-state index in [0.29, 0.717) is 13.0 Å². The number of likely N-dealkylation sites (N-methyl/N-ethyl adjacent to an activating group) is 1. The van der Waals surface area contributed by atoms with Gasteiger partial charge in [-0.2, -0.15) is 0 Å². The molecule has 1 aliphatic heterocycles. The van der Waals surface area contributed by atoms with E-state index in [4.69, 9.17) is 4.74 Å². The molecule has 5 nitrogen and oxygen atoms in total. The summed E-state index contributed by atoms with van der Waals surface area (Å²) in [6.45, 7) is 11.6. The second kappa shape index (κ2) is 6.93. The lowest BCUT2D eigenvalue weighted by atomic mass is 9.92. The maximum atomic E-state index is 12.6. The SMILES string of the molecule is CCN1C(C)(C)CC(=O)N(C(=O)OCc2ccccc2)CC1(C)C. The molecule has 0 unspecified atom stereocenters. The van der Waals surface area contributed by atoms with Crippen LogP contribution in [0.2, 0.25) is 0 Å². The molecule has 0 saturated carbocycles. The molecule has 0 N–H and O–H groups in total. The Morgan fingerprint density at radius 2 is 1.75 bits per heavy atom. The van der Waals surface area contributed by atoms with E-state index in [1.54, 1.807) is 0 Å². The Kier molecular flexibility index (Phi) is 5.33. The normalized spacial score (nSPS) is 20.5. The molecule has 1 saturated heterocycles. The quantitative estimate of drug-likeness (QED) is 0.851. The number of ether oxygens (including phenoxy) is 1. The van der Waals surface area contributed by atoms with Crippen molar-refractivity contribution in [1.82, 2.24) is 9.80 Å². The first-order valence-corrected chi connectivity index (χ1v) is 8.46. The summed E-state index contributed by atoms with van der Waals surface area (Å²) in [5.41, 5.74) is 0.294. The fourth-order valence-corrected chi connectivity index (χ4v) is 3.76. The molecule has 2 amide bonds. The zero-order chi connectivity index (χ0) is 18.0. The van der Waals surface area contributed by atoms with E-state index >= 15 is 0 Å². The molecular weight excluding hydrogens is 304 g/mol. The van der Waals surface area contributed by atoms with E-state index in [1.165, 1.54) is 4.90 Å². The van der Waals surface area contributed by atoms with E-state index < -0.39 is 6.09 Å². The second-order valence-corrected chi connectivity index (χ2v) is 7.57. The highest BCUT2D eigenvalue weighted by molar-refractivity contribution is 5.92. The van der Waals surface area contributed by atoms with Crippen molar-refractivity contribution in [2.45, 2.75) is 58.7 Å². The Balaban J connectivity index is 2.14. The minimum absolute atomic E-state index is 0.171. The lowest BCUT2D eigenvalue weighted by Gasteiger charge is -2.46. The van der Waals surface area contributed by atoms with Gasteiger partial charge in [-0.05, 0) is 39.8 Å². The van der Waals surface area contributed by atoms with Crippen LogP contribution in [0.15, 0.2) is 30.3 Å². The van der Waals surface area contributed by atoms with Gasteiger partial charge in [0.25, 0.3) is 0 Å². The zero-order valence-electron chi connectivity index (χ0n) is 15.3. The summed E-state index contributed by atoms with van der Waals surface area (Å²) in [4.78, 5) is 28.7. The highest BCUT2D eigenvalue weighted by atomic mass is 16.6. The van der Waals surface area contributed by atoms with Gasteiger partial charge in [0.1, 0.15) is 6.61 Å². The van der Waals surface area contributed by atoms with Crippen LogP contribution < -0.4 is 0 Å². The fourth-order valence-electron chi connectivity index (χ4n) is 3.76. The van der Waals surface area contributed by atoms with Gasteiger partial charge < -0.3 is 4.74 Å². The summed E-state index contributed by atoms with van der Waals surface area (Å²) in [5, 5.41) is 0. The average molecular weight is 332 g/mol. The third-order valence-corrected chi connectivity index (χ3v) is 4.63. The van der Waals surface area contributed by atoms with E-state index in [0.717, 1.165) is 12.1 Å². The Hall–Kier alpha value is -1.88. The molecule has 0 radical (unpaired) electrons. The summed E-state index contributed by atoms with van der Waals surface area (Å²) in [6, 6.07) is 9.48. The smallest absolute Gasteiger partial charge is 0.416 e. The van der Waals surface area contributed by atoms with Crippen LogP contribution in [-0.4, -0.2) is 46.0 Å². The third-order valence-electron chi connectivity index (χ3n) is 4.63. The molecule has 0 spiro atoms. The van der Waals surface area contributed by atoms with Crippen molar-refractivity contribution in [2.24, 2.45) is 0 Å². The zero-order valence-corrected chi connectivity index (χ0v) is 15.3. The summed E-state index contributed by atoms with van der Waals surface area (Å²) in [6.07, 6.45) is -0.268. The molecule has 1 aromatic carbocycles. The highest BCUT2D eigenvalue weighted by Crippen LogP contribution is 2.32. The van der Waals surface area contributed by atoms with Crippen LogP contribution in [0, 0.1) is 0 Å². The van der Waals surface area contributed by atoms with Crippen LogP contribution in [-0.2, 0) is 16.1 Å². The topological polar surface area (TPSA) is 49.9 Å². The maximum Gasteiger partial charge on any atom is 0.416 e. The number of carbonyl (C=O) groups excluding carboxylic acids is 2. The lowest BCUT2D eigenvalue weighted by molar-refractivity contribution is -0.130. The Morgan fingerprint density at radius 1 is 1.12 bits per heavy atom. The van der Waals surface area contributed by atoms with Crippen molar-refractivity contribution >= 4 is 12.0 Å². The van der Waals surface area contributed by atoms with Gasteiger partial charge in [-0.15, -0.1) is 0 Å². The predicted molar refractivity (Wildman–Crippen MR) is 93.5 cm³/mol. The number of imide groups is 1. The van der Waals surface area contributed by atoms with Gasteiger partial charge in [-0.3, -0.25) is 9.69 Å². The average Bonchev–Trinajstić information content (AvgIpc) is 2.57. The van der Waals surface area contributed by atoms with Gasteiger partial charge in [0, 0.05) is 24.0 Å². The van der Waals surface area contributed by atoms with Crippen molar-refractivity contribution in [3.8, 4) is 0 Å². The number of rotatable bonds is 3. The van der Waals surface area contributed by atoms with E-state index in [-0.39, 0.29) is 23.6 Å². The highest BCUT2D eigenvalue weighted by Gasteiger charge is 2.45. The molecule has 2 rings (SSSR count). The molecule has 0 bridgehead atoms. The maximum absolute atomic E-state index is 12.6. The van der Waals surface area contributed by atoms with Crippen molar-refractivity contribution in [3.63, 3.8) is 0 Å². The Bertz CT molecular complexity index is 596. The number of amides is 2. The molecule has 1 aliphatic rings. The number of benzene rings is 1. The number of carbonyl (C=O) groups is 2. The van der Waals surface area contributed by atoms with Crippen molar-refractivity contribution in [1.29, 1.82) is 0 Å². The van der Waals surface area contributed by atoms with Crippen LogP contribution in [0.3, 0.4) is 0 Å². The summed E-state index contributed by atoms with van der Waals surface area (Å²) in [5.74, 6) is -0.179. The van der Waals surface area contributed by atoms with Crippen LogP contribution in [0.25, 0.3) is 0 Å². The molecule has 132 valence electrons. The third kappa shape index (κ3) is 3.96. The predicted octanol–water partition coefficient (Wildman–Crippen LogP) is 3.43. The number of hydrogen-bond acceptors (Lipinski definition) is 4. The monoisotopic (exact) mass is 332 g/mol. The van der Waals surface area contributed by atoms with Crippen LogP contribution >= 0.6 is 0 Å². The van der Waals surface area contributed by atoms with Gasteiger partial charge >= 0.3 is 6.09 Å². The molecular formula is C19H28N2O3. The Labute approximate surface area is 144 Å². The van der Waals surface area contributed by atoms with E-state index in [9.17, 15) is 9.59 Å². The van der Waals surface area contributed by atoms with Crippen LogP contribution in [0.1, 0.15) is 46.6 Å². The summed E-state index contributed by atoms with van der Waals surface area (Å²) in [7, 11) is 0. The van der Waals surface area contributed by atoms with Gasteiger partial charge in [-0.25, -0.2) is 9.69 Å². The number of nitrogens with zero attached hydrogens (tertiary/aromatic N) is 2. The largest absolute Gasteiger partial charge is 0.444 e. The number of hydrogen-bond donors (Lipinski definition) is 0. The van der Waals surface area contributed by atoms with E-state index in [1.807, 2.05) is 30.3 Å². The molecule has 24 heavy (non-hydrogen) atoms. The summed E-state index contributed by atoms with van der Waals surface area (Å²) < 4.78 is 5.37. The lowest BCUT2D eigenvalue weighted by Crippen LogP contribution is -2.57. The molecule has 5 heteroatoms. The molecule has 1 heterocycles. The van der Waals surface area contributed by atoms with Crippen molar-refractivity contribution < 1.29 is 14.3 Å². The standard InChI is InChI=1S/C19H28N2O3/c1-6-21-18(2,3)12-16(22)20(14-19(21,4)5)17(23)24-13-15-10-8-7-9-11-15/h7-11H,6,12-14H2,1-5H3. The molecule has 0 atom stereocenters. The molecule has 0 aliphatic carbocycles. The Morgan fingerprint density at radius 3 is 2.33 bits per heavy atom. The second-order valence-electron chi connectivity index (χ2n) is 7.57. The van der Waals surface area contributed by atoms with Gasteiger partial charge in [-0.1, -0.05) is 37.3 Å². The van der Waals surface area contributed by atoms with Crippen LogP contribution in [0.4, 0.5) is 4.79 Å². The van der Waals surface area contributed by atoms with Crippen LogP contribution in [0.5, 0.6) is 0 Å². The minimum atomic E-state index is -0.564. The van der Waals surface area contributed by atoms with Gasteiger partial charge in [0.15, 0.2) is 0 Å². The van der Waals surface area contributed by atoms with Gasteiger partial charge in [0.2, 0.25) is 5.91 Å². The first-order valence-electron chi connectivity index (χ1n) is 8.46. The van der Waals surface area contributed by atoms with Crippen molar-refractivity contribution in [2.75, 3.05) is 13.1 Å². The minimum Gasteiger partial charge on any atom is -0.444 e. The van der Waals surface area contributed by atoms with Gasteiger partial charge in [0.05, 0.1) is 0 Å². The molecule has 0 aromatic heterocycles. The molecule has 1 aromatic rings.